The van der Waals surface area contributed by atoms with Crippen LogP contribution >= 0.6 is 0 Å². The first-order chi connectivity index (χ1) is 12.5. The van der Waals surface area contributed by atoms with Crippen LogP contribution in [0.1, 0.15) is 20.7 Å². The van der Waals surface area contributed by atoms with Crippen molar-refractivity contribution in [3.8, 4) is 17.2 Å². The van der Waals surface area contributed by atoms with E-state index in [9.17, 15) is 19.1 Å². The standard InChI is InChI=1S/C20H13FO5/c21-15-5-11-18(12-6-15)26-20(24)14-3-9-17(10-4-14)25-19(23)13-1-7-16(22)8-2-13/h1-12,22H. The Balaban J connectivity index is 1.64. The lowest BCUT2D eigenvalue weighted by Crippen LogP contribution is -2.10. The predicted octanol–water partition coefficient (Wildman–Crippen LogP) is 3.97. The number of halogens is 1. The van der Waals surface area contributed by atoms with Gasteiger partial charge in [0.25, 0.3) is 0 Å². The van der Waals surface area contributed by atoms with Gasteiger partial charge in [-0.1, -0.05) is 0 Å². The number of carbonyl (C=O) groups is 2. The summed E-state index contributed by atoms with van der Waals surface area (Å²) in [5.74, 6) is -1.12. The number of ether oxygens (including phenoxy) is 2. The van der Waals surface area contributed by atoms with Gasteiger partial charge >= 0.3 is 11.9 Å². The zero-order valence-electron chi connectivity index (χ0n) is 13.4. The lowest BCUT2D eigenvalue weighted by molar-refractivity contribution is 0.0730. The maximum Gasteiger partial charge on any atom is 0.343 e. The van der Waals surface area contributed by atoms with Crippen molar-refractivity contribution in [3.05, 3.63) is 89.7 Å². The van der Waals surface area contributed by atoms with Crippen molar-refractivity contribution < 1.29 is 28.6 Å². The highest BCUT2D eigenvalue weighted by Crippen LogP contribution is 2.18. The Morgan fingerprint density at radius 2 is 1.04 bits per heavy atom. The van der Waals surface area contributed by atoms with Gasteiger partial charge in [-0.3, -0.25) is 0 Å². The predicted molar refractivity (Wildman–Crippen MR) is 90.9 cm³/mol. The minimum absolute atomic E-state index is 0.0468. The van der Waals surface area contributed by atoms with Gasteiger partial charge in [-0.2, -0.15) is 0 Å². The van der Waals surface area contributed by atoms with E-state index in [0.717, 1.165) is 0 Å². The summed E-state index contributed by atoms with van der Waals surface area (Å²) in [4.78, 5) is 24.0. The largest absolute Gasteiger partial charge is 0.508 e. The molecule has 0 aliphatic heterocycles. The molecule has 0 amide bonds. The Morgan fingerprint density at radius 3 is 1.50 bits per heavy atom. The summed E-state index contributed by atoms with van der Waals surface area (Å²) in [6.45, 7) is 0. The first-order valence-electron chi connectivity index (χ1n) is 7.60. The van der Waals surface area contributed by atoms with Crippen LogP contribution in [0.3, 0.4) is 0 Å². The topological polar surface area (TPSA) is 72.8 Å². The van der Waals surface area contributed by atoms with Gasteiger partial charge in [0.2, 0.25) is 0 Å². The number of carbonyl (C=O) groups excluding carboxylic acids is 2. The molecule has 0 saturated heterocycles. The average Bonchev–Trinajstić information content (AvgIpc) is 2.64. The monoisotopic (exact) mass is 352 g/mol. The van der Waals surface area contributed by atoms with Crippen LogP contribution in [-0.2, 0) is 0 Å². The normalized spacial score (nSPS) is 10.2. The van der Waals surface area contributed by atoms with Crippen LogP contribution in [-0.4, -0.2) is 17.0 Å². The van der Waals surface area contributed by atoms with Gasteiger partial charge < -0.3 is 14.6 Å². The first kappa shape index (κ1) is 17.2. The van der Waals surface area contributed by atoms with Crippen LogP contribution in [0.4, 0.5) is 4.39 Å². The molecule has 3 aromatic rings. The Hall–Kier alpha value is -3.67. The van der Waals surface area contributed by atoms with E-state index in [2.05, 4.69) is 0 Å². The molecule has 0 unspecified atom stereocenters. The molecular weight excluding hydrogens is 339 g/mol. The second-order valence-electron chi connectivity index (χ2n) is 5.30. The number of rotatable bonds is 4. The van der Waals surface area contributed by atoms with Crippen molar-refractivity contribution >= 4 is 11.9 Å². The van der Waals surface area contributed by atoms with Crippen molar-refractivity contribution in [1.29, 1.82) is 0 Å². The summed E-state index contributed by atoms with van der Waals surface area (Å²) in [7, 11) is 0. The zero-order chi connectivity index (χ0) is 18.5. The number of hydrogen-bond acceptors (Lipinski definition) is 5. The van der Waals surface area contributed by atoms with Crippen molar-refractivity contribution in [1.82, 2.24) is 0 Å². The molecule has 0 atom stereocenters. The number of phenolic OH excluding ortho intramolecular Hbond substituents is 1. The van der Waals surface area contributed by atoms with Crippen molar-refractivity contribution in [3.63, 3.8) is 0 Å². The second kappa shape index (κ2) is 7.48. The number of aromatic hydroxyl groups is 1. The van der Waals surface area contributed by atoms with Gasteiger partial charge in [-0.05, 0) is 72.8 Å². The molecule has 5 nitrogen and oxygen atoms in total. The van der Waals surface area contributed by atoms with Gasteiger partial charge in [0.1, 0.15) is 23.1 Å². The second-order valence-corrected chi connectivity index (χ2v) is 5.30. The van der Waals surface area contributed by atoms with E-state index in [1.165, 1.54) is 72.8 Å². The number of hydrogen-bond donors (Lipinski definition) is 1. The average molecular weight is 352 g/mol. The molecule has 0 aromatic heterocycles. The molecule has 0 fully saturated rings. The quantitative estimate of drug-likeness (QED) is 0.568. The van der Waals surface area contributed by atoms with E-state index in [1.54, 1.807) is 0 Å². The van der Waals surface area contributed by atoms with Crippen LogP contribution in [0.5, 0.6) is 17.2 Å². The fraction of sp³-hybridized carbons (Fsp3) is 0. The molecule has 3 aromatic carbocycles. The molecule has 130 valence electrons. The zero-order valence-corrected chi connectivity index (χ0v) is 13.4. The first-order valence-corrected chi connectivity index (χ1v) is 7.60. The molecule has 0 saturated carbocycles. The van der Waals surface area contributed by atoms with E-state index in [1.807, 2.05) is 0 Å². The SMILES string of the molecule is O=C(Oc1ccc(C(=O)Oc2ccc(F)cc2)cc1)c1ccc(O)cc1. The summed E-state index contributed by atoms with van der Waals surface area (Å²) >= 11 is 0. The van der Waals surface area contributed by atoms with Gasteiger partial charge in [0, 0.05) is 0 Å². The molecular formula is C20H13FO5. The van der Waals surface area contributed by atoms with Crippen LogP contribution in [0.15, 0.2) is 72.8 Å². The molecule has 26 heavy (non-hydrogen) atoms. The summed E-state index contributed by atoms with van der Waals surface area (Å²) < 4.78 is 23.2. The third-order valence-corrected chi connectivity index (χ3v) is 3.43. The third-order valence-electron chi connectivity index (χ3n) is 3.43. The van der Waals surface area contributed by atoms with Crippen molar-refractivity contribution in [2.24, 2.45) is 0 Å². The highest BCUT2D eigenvalue weighted by atomic mass is 19.1. The fourth-order valence-electron chi connectivity index (χ4n) is 2.09. The van der Waals surface area contributed by atoms with Crippen molar-refractivity contribution in [2.45, 2.75) is 0 Å². The van der Waals surface area contributed by atoms with Gasteiger partial charge in [0.15, 0.2) is 0 Å². The molecule has 3 rings (SSSR count). The lowest BCUT2D eigenvalue weighted by Gasteiger charge is -2.07. The summed E-state index contributed by atoms with van der Waals surface area (Å²) in [5, 5.41) is 9.22. The van der Waals surface area contributed by atoms with Gasteiger partial charge in [-0.15, -0.1) is 0 Å². The summed E-state index contributed by atoms with van der Waals surface area (Å²) in [5.41, 5.74) is 0.529. The molecule has 0 aliphatic carbocycles. The van der Waals surface area contributed by atoms with Crippen LogP contribution < -0.4 is 9.47 Å². The molecule has 0 heterocycles. The molecule has 6 heteroatoms. The number of phenols is 1. The Kier molecular flexibility index (Phi) is 4.94. The van der Waals surface area contributed by atoms with Crippen LogP contribution in [0.2, 0.25) is 0 Å². The van der Waals surface area contributed by atoms with E-state index in [0.29, 0.717) is 0 Å². The molecule has 0 aliphatic rings. The number of benzene rings is 3. The minimum Gasteiger partial charge on any atom is -0.508 e. The molecule has 0 radical (unpaired) electrons. The van der Waals surface area contributed by atoms with Gasteiger partial charge in [-0.25, -0.2) is 14.0 Å². The highest BCUT2D eigenvalue weighted by molar-refractivity contribution is 5.92. The Labute approximate surface area is 148 Å². The number of esters is 2. The van der Waals surface area contributed by atoms with Crippen molar-refractivity contribution in [2.75, 3.05) is 0 Å². The van der Waals surface area contributed by atoms with E-state index >= 15 is 0 Å². The molecule has 0 spiro atoms. The third kappa shape index (κ3) is 4.24. The van der Waals surface area contributed by atoms with Crippen LogP contribution in [0, 0.1) is 5.82 Å². The maximum atomic E-state index is 12.8. The smallest absolute Gasteiger partial charge is 0.343 e. The highest BCUT2D eigenvalue weighted by Gasteiger charge is 2.11. The Morgan fingerprint density at radius 1 is 0.654 bits per heavy atom. The lowest BCUT2D eigenvalue weighted by atomic mass is 10.2. The van der Waals surface area contributed by atoms with E-state index in [4.69, 9.17) is 9.47 Å². The Bertz CT molecular complexity index is 916. The maximum absolute atomic E-state index is 12.8. The van der Waals surface area contributed by atoms with E-state index < -0.39 is 17.8 Å². The molecule has 1 N–H and O–H groups in total. The van der Waals surface area contributed by atoms with E-state index in [-0.39, 0.29) is 28.4 Å². The van der Waals surface area contributed by atoms with Gasteiger partial charge in [0.05, 0.1) is 11.1 Å². The summed E-state index contributed by atoms with van der Waals surface area (Å²) in [6.07, 6.45) is 0. The minimum atomic E-state index is -0.618. The summed E-state index contributed by atoms with van der Waals surface area (Å²) in [6, 6.07) is 16.5. The molecule has 0 bridgehead atoms. The fourth-order valence-corrected chi connectivity index (χ4v) is 2.09. The van der Waals surface area contributed by atoms with Crippen LogP contribution in [0.25, 0.3) is 0 Å².